The lowest BCUT2D eigenvalue weighted by atomic mass is 10.0. The van der Waals surface area contributed by atoms with E-state index in [2.05, 4.69) is 44.5 Å². The predicted octanol–water partition coefficient (Wildman–Crippen LogP) is 3.34. The first kappa shape index (κ1) is 16.2. The summed E-state index contributed by atoms with van der Waals surface area (Å²) < 4.78 is 0. The summed E-state index contributed by atoms with van der Waals surface area (Å²) in [6.45, 7) is 10.0. The molecule has 0 unspecified atom stereocenters. The number of aromatic amines is 2. The number of carbonyl (C=O) groups is 1. The third kappa shape index (κ3) is 3.04. The van der Waals surface area contributed by atoms with Gasteiger partial charge in [0.2, 0.25) is 0 Å². The van der Waals surface area contributed by atoms with Crippen molar-refractivity contribution in [2.45, 2.75) is 40.7 Å². The molecule has 126 valence electrons. The van der Waals surface area contributed by atoms with Crippen LogP contribution in [0.15, 0.2) is 18.2 Å². The van der Waals surface area contributed by atoms with Crippen molar-refractivity contribution < 1.29 is 4.79 Å². The molecule has 0 fully saturated rings. The third-order valence-corrected chi connectivity index (χ3v) is 4.18. The summed E-state index contributed by atoms with van der Waals surface area (Å²) in [5, 5.41) is 11.1. The van der Waals surface area contributed by atoms with Crippen LogP contribution in [0.3, 0.4) is 0 Å². The molecule has 2 aromatic heterocycles. The molecule has 1 atom stereocenters. The van der Waals surface area contributed by atoms with Crippen molar-refractivity contribution in [3.05, 3.63) is 46.7 Å². The van der Waals surface area contributed by atoms with Crippen LogP contribution >= 0.6 is 0 Å². The second-order valence-electron chi connectivity index (χ2n) is 6.70. The van der Waals surface area contributed by atoms with Gasteiger partial charge in [0.15, 0.2) is 5.82 Å². The Labute approximate surface area is 141 Å². The Bertz CT molecular complexity index is 890. The Morgan fingerprint density at radius 1 is 1.17 bits per heavy atom. The Kier molecular flexibility index (Phi) is 4.13. The maximum Gasteiger partial charge on any atom is 0.268 e. The monoisotopic (exact) mass is 325 g/mol. The van der Waals surface area contributed by atoms with Gasteiger partial charge in [0.05, 0.1) is 6.04 Å². The Hall–Kier alpha value is -2.63. The summed E-state index contributed by atoms with van der Waals surface area (Å²) in [6.07, 6.45) is 0. The van der Waals surface area contributed by atoms with Gasteiger partial charge in [-0.2, -0.15) is 5.10 Å². The zero-order valence-electron chi connectivity index (χ0n) is 14.7. The zero-order valence-corrected chi connectivity index (χ0v) is 14.7. The highest BCUT2D eigenvalue weighted by molar-refractivity contribution is 5.99. The van der Waals surface area contributed by atoms with E-state index >= 15 is 0 Å². The zero-order chi connectivity index (χ0) is 17.4. The van der Waals surface area contributed by atoms with Gasteiger partial charge < -0.3 is 10.3 Å². The van der Waals surface area contributed by atoms with E-state index in [1.54, 1.807) is 0 Å². The minimum atomic E-state index is -0.239. The normalized spacial score (nSPS) is 12.8. The summed E-state index contributed by atoms with van der Waals surface area (Å²) in [6, 6.07) is 5.83. The molecule has 0 aliphatic heterocycles. The first-order valence-electron chi connectivity index (χ1n) is 8.15. The van der Waals surface area contributed by atoms with E-state index in [1.165, 1.54) is 5.56 Å². The van der Waals surface area contributed by atoms with E-state index in [4.69, 9.17) is 0 Å². The van der Waals surface area contributed by atoms with Crippen molar-refractivity contribution in [2.75, 3.05) is 0 Å². The summed E-state index contributed by atoms with van der Waals surface area (Å²) in [7, 11) is 0. The lowest BCUT2D eigenvalue weighted by Crippen LogP contribution is -2.32. The SMILES string of the molecule is Cc1cc(C)c2cc(C(=O)N[C@H](c3n[nH]c(C)n3)C(C)C)[nH]c2c1. The molecule has 3 aromatic rings. The lowest BCUT2D eigenvalue weighted by Gasteiger charge is -2.18. The number of hydrogen-bond acceptors (Lipinski definition) is 3. The molecular weight excluding hydrogens is 302 g/mol. The van der Waals surface area contributed by atoms with E-state index in [9.17, 15) is 4.79 Å². The number of aryl methyl sites for hydroxylation is 3. The van der Waals surface area contributed by atoms with Crippen LogP contribution < -0.4 is 5.32 Å². The molecule has 6 heteroatoms. The maximum atomic E-state index is 12.7. The van der Waals surface area contributed by atoms with Crippen LogP contribution in [0.5, 0.6) is 0 Å². The molecule has 3 N–H and O–H groups in total. The first-order valence-corrected chi connectivity index (χ1v) is 8.15. The fourth-order valence-corrected chi connectivity index (χ4v) is 2.97. The molecule has 24 heavy (non-hydrogen) atoms. The summed E-state index contributed by atoms with van der Waals surface area (Å²) in [5.41, 5.74) is 3.86. The van der Waals surface area contributed by atoms with E-state index in [0.717, 1.165) is 22.3 Å². The standard InChI is InChI=1S/C18H23N5O/c1-9(2)16(17-19-12(5)22-23-17)21-18(24)15-8-13-11(4)6-10(3)7-14(13)20-15/h6-9,16,20H,1-5H3,(H,21,24)(H,19,22,23)/t16-/m0/s1. The number of carbonyl (C=O) groups excluding carboxylic acids is 1. The van der Waals surface area contributed by atoms with E-state index in [1.807, 2.05) is 33.8 Å². The molecular formula is C18H23N5O. The lowest BCUT2D eigenvalue weighted by molar-refractivity contribution is 0.0919. The molecule has 0 spiro atoms. The van der Waals surface area contributed by atoms with Crippen LogP contribution in [0.4, 0.5) is 0 Å². The van der Waals surface area contributed by atoms with Gasteiger partial charge in [-0.15, -0.1) is 0 Å². The van der Waals surface area contributed by atoms with E-state index in [-0.39, 0.29) is 17.9 Å². The van der Waals surface area contributed by atoms with Crippen molar-refractivity contribution >= 4 is 16.8 Å². The quantitative estimate of drug-likeness (QED) is 0.687. The average Bonchev–Trinajstić information content (AvgIpc) is 3.10. The molecule has 1 amide bonds. The van der Waals surface area contributed by atoms with Crippen LogP contribution in [0.25, 0.3) is 10.9 Å². The number of hydrogen-bond donors (Lipinski definition) is 3. The topological polar surface area (TPSA) is 86.5 Å². The van der Waals surface area contributed by atoms with E-state index in [0.29, 0.717) is 11.5 Å². The minimum Gasteiger partial charge on any atom is -0.351 e. The molecule has 6 nitrogen and oxygen atoms in total. The fourth-order valence-electron chi connectivity index (χ4n) is 2.97. The number of fused-ring (bicyclic) bond motifs is 1. The number of H-pyrrole nitrogens is 2. The van der Waals surface area contributed by atoms with Crippen molar-refractivity contribution in [1.82, 2.24) is 25.5 Å². The second-order valence-corrected chi connectivity index (χ2v) is 6.70. The summed E-state index contributed by atoms with van der Waals surface area (Å²) in [5.74, 6) is 1.38. The van der Waals surface area contributed by atoms with Gasteiger partial charge in [-0.3, -0.25) is 9.89 Å². The molecule has 0 aliphatic rings. The number of aromatic nitrogens is 4. The van der Waals surface area contributed by atoms with Gasteiger partial charge in [-0.05, 0) is 49.9 Å². The van der Waals surface area contributed by atoms with Crippen LogP contribution in [0, 0.1) is 26.7 Å². The maximum absolute atomic E-state index is 12.7. The van der Waals surface area contributed by atoms with Crippen molar-refractivity contribution in [1.29, 1.82) is 0 Å². The third-order valence-electron chi connectivity index (χ3n) is 4.18. The van der Waals surface area contributed by atoms with Gasteiger partial charge in [0.25, 0.3) is 5.91 Å². The van der Waals surface area contributed by atoms with Crippen LogP contribution in [-0.4, -0.2) is 26.1 Å². The molecule has 0 saturated heterocycles. The van der Waals surface area contributed by atoms with Crippen molar-refractivity contribution in [3.8, 4) is 0 Å². The number of rotatable bonds is 4. The van der Waals surface area contributed by atoms with E-state index < -0.39 is 0 Å². The van der Waals surface area contributed by atoms with Crippen molar-refractivity contribution in [3.63, 3.8) is 0 Å². The average molecular weight is 325 g/mol. The predicted molar refractivity (Wildman–Crippen MR) is 93.9 cm³/mol. The molecule has 0 aliphatic carbocycles. The summed E-state index contributed by atoms with van der Waals surface area (Å²) in [4.78, 5) is 20.3. The number of amides is 1. The molecule has 0 saturated carbocycles. The Balaban J connectivity index is 1.89. The van der Waals surface area contributed by atoms with Gasteiger partial charge >= 0.3 is 0 Å². The molecule has 2 heterocycles. The van der Waals surface area contributed by atoms with Gasteiger partial charge in [0.1, 0.15) is 11.5 Å². The van der Waals surface area contributed by atoms with Gasteiger partial charge in [-0.1, -0.05) is 19.9 Å². The van der Waals surface area contributed by atoms with Gasteiger partial charge in [0, 0.05) is 10.9 Å². The largest absolute Gasteiger partial charge is 0.351 e. The van der Waals surface area contributed by atoms with Crippen molar-refractivity contribution in [2.24, 2.45) is 5.92 Å². The number of nitrogens with zero attached hydrogens (tertiary/aromatic N) is 2. The van der Waals surface area contributed by atoms with Gasteiger partial charge in [-0.25, -0.2) is 4.98 Å². The van der Waals surface area contributed by atoms with Crippen LogP contribution in [-0.2, 0) is 0 Å². The summed E-state index contributed by atoms with van der Waals surface area (Å²) >= 11 is 0. The fraction of sp³-hybridized carbons (Fsp3) is 0.389. The smallest absolute Gasteiger partial charge is 0.268 e. The highest BCUT2D eigenvalue weighted by Crippen LogP contribution is 2.23. The Morgan fingerprint density at radius 3 is 2.54 bits per heavy atom. The molecule has 0 bridgehead atoms. The molecule has 3 rings (SSSR count). The highest BCUT2D eigenvalue weighted by atomic mass is 16.2. The number of nitrogens with one attached hydrogen (secondary N) is 3. The second kappa shape index (κ2) is 6.11. The number of benzene rings is 1. The molecule has 0 radical (unpaired) electrons. The van der Waals surface area contributed by atoms with Crippen LogP contribution in [0.2, 0.25) is 0 Å². The first-order chi connectivity index (χ1) is 11.3. The highest BCUT2D eigenvalue weighted by Gasteiger charge is 2.23. The van der Waals surface area contributed by atoms with Crippen LogP contribution in [0.1, 0.15) is 53.2 Å². The Morgan fingerprint density at radius 2 is 1.92 bits per heavy atom. The minimum absolute atomic E-state index is 0.149. The molecule has 1 aromatic carbocycles.